The third-order valence-corrected chi connectivity index (χ3v) is 6.78. The summed E-state index contributed by atoms with van der Waals surface area (Å²) in [6, 6.07) is 20.2. The van der Waals surface area contributed by atoms with Gasteiger partial charge in [-0.2, -0.15) is 0 Å². The molecule has 5 rings (SSSR count). The zero-order chi connectivity index (χ0) is 20.9. The Kier molecular flexibility index (Phi) is 4.44. The van der Waals surface area contributed by atoms with Crippen LogP contribution in [0.1, 0.15) is 23.1 Å². The number of carbonyl (C=O) groups is 1. The first-order chi connectivity index (χ1) is 14.6. The molecule has 0 spiro atoms. The van der Waals surface area contributed by atoms with Gasteiger partial charge in [-0.25, -0.2) is 0 Å². The first-order valence-corrected chi connectivity index (χ1v) is 10.2. The molecule has 0 unspecified atom stereocenters. The van der Waals surface area contributed by atoms with Gasteiger partial charge >= 0.3 is 5.97 Å². The van der Waals surface area contributed by atoms with E-state index in [0.717, 1.165) is 39.9 Å². The van der Waals surface area contributed by atoms with Crippen molar-refractivity contribution in [3.8, 4) is 11.5 Å². The van der Waals surface area contributed by atoms with Crippen LogP contribution in [0.25, 0.3) is 10.8 Å². The van der Waals surface area contributed by atoms with Gasteiger partial charge in [0.05, 0.1) is 20.3 Å². The standard InChI is InChI=1S/C25H25NO4/c1-26-14-20(17-8-11-18(28-2)12-9-17)25(24(27)29-3)15-30-21-13-10-16-6-4-5-7-19(16)22(21)23(25)26/h4-13,20,23H,14-15H2,1-3H3/t20-,23+,25-/m0/s1. The summed E-state index contributed by atoms with van der Waals surface area (Å²) in [6.45, 7) is 1.02. The van der Waals surface area contributed by atoms with Crippen LogP contribution in [-0.4, -0.2) is 45.3 Å². The molecule has 154 valence electrons. The molecule has 0 amide bonds. The summed E-state index contributed by atoms with van der Waals surface area (Å²) in [7, 11) is 5.21. The van der Waals surface area contributed by atoms with Gasteiger partial charge in [-0.05, 0) is 41.6 Å². The SMILES string of the molecule is COC(=O)[C@]12COc3ccc4ccccc4c3[C@H]1N(C)C[C@H]2c1ccc(OC)cc1. The molecule has 3 aromatic carbocycles. The highest BCUT2D eigenvalue weighted by Gasteiger charge is 2.63. The molecule has 0 saturated carbocycles. The quantitative estimate of drug-likeness (QED) is 0.615. The summed E-state index contributed by atoms with van der Waals surface area (Å²) < 4.78 is 17.0. The van der Waals surface area contributed by atoms with Crippen molar-refractivity contribution < 1.29 is 19.0 Å². The molecule has 1 saturated heterocycles. The van der Waals surface area contributed by atoms with Crippen molar-refractivity contribution >= 4 is 16.7 Å². The van der Waals surface area contributed by atoms with Gasteiger partial charge in [0.15, 0.2) is 0 Å². The molecule has 5 heteroatoms. The summed E-state index contributed by atoms with van der Waals surface area (Å²) >= 11 is 0. The molecule has 3 atom stereocenters. The van der Waals surface area contributed by atoms with Gasteiger partial charge in [-0.1, -0.05) is 42.5 Å². The normalized spacial score (nSPS) is 25.3. The summed E-state index contributed by atoms with van der Waals surface area (Å²) in [4.78, 5) is 15.7. The Balaban J connectivity index is 1.72. The fourth-order valence-electron chi connectivity index (χ4n) is 5.42. The van der Waals surface area contributed by atoms with Crippen molar-refractivity contribution in [3.63, 3.8) is 0 Å². The van der Waals surface area contributed by atoms with Crippen LogP contribution < -0.4 is 9.47 Å². The molecule has 30 heavy (non-hydrogen) atoms. The number of nitrogens with zero attached hydrogens (tertiary/aromatic N) is 1. The molecule has 0 aromatic heterocycles. The van der Waals surface area contributed by atoms with Gasteiger partial charge in [0.2, 0.25) is 0 Å². The zero-order valence-corrected chi connectivity index (χ0v) is 17.4. The Hall–Kier alpha value is -3.05. The summed E-state index contributed by atoms with van der Waals surface area (Å²) in [5, 5.41) is 2.26. The molecule has 5 nitrogen and oxygen atoms in total. The third-order valence-electron chi connectivity index (χ3n) is 6.78. The number of esters is 1. The molecule has 0 N–H and O–H groups in total. The van der Waals surface area contributed by atoms with Crippen LogP contribution in [0.3, 0.4) is 0 Å². The third kappa shape index (κ3) is 2.55. The van der Waals surface area contributed by atoms with Crippen molar-refractivity contribution in [1.82, 2.24) is 4.90 Å². The Morgan fingerprint density at radius 2 is 1.83 bits per heavy atom. The van der Waals surface area contributed by atoms with Crippen molar-refractivity contribution in [2.45, 2.75) is 12.0 Å². The maximum Gasteiger partial charge on any atom is 0.317 e. The van der Waals surface area contributed by atoms with E-state index < -0.39 is 5.41 Å². The molecule has 0 radical (unpaired) electrons. The van der Waals surface area contributed by atoms with Crippen molar-refractivity contribution in [2.75, 3.05) is 34.4 Å². The second kappa shape index (κ2) is 7.03. The minimum Gasteiger partial charge on any atom is -0.497 e. The number of rotatable bonds is 3. The van der Waals surface area contributed by atoms with Gasteiger partial charge in [-0.3, -0.25) is 9.69 Å². The lowest BCUT2D eigenvalue weighted by molar-refractivity contribution is -0.159. The number of fused-ring (bicyclic) bond motifs is 5. The topological polar surface area (TPSA) is 48.0 Å². The van der Waals surface area contributed by atoms with E-state index in [4.69, 9.17) is 14.2 Å². The summed E-state index contributed by atoms with van der Waals surface area (Å²) in [5.41, 5.74) is 1.33. The van der Waals surface area contributed by atoms with Crippen LogP contribution in [0.5, 0.6) is 11.5 Å². The van der Waals surface area contributed by atoms with E-state index in [1.165, 1.54) is 7.11 Å². The smallest absolute Gasteiger partial charge is 0.317 e. The van der Waals surface area contributed by atoms with Crippen molar-refractivity contribution in [1.29, 1.82) is 0 Å². The molecule has 3 aromatic rings. The second-order valence-corrected chi connectivity index (χ2v) is 8.19. The first kappa shape index (κ1) is 18.9. The Morgan fingerprint density at radius 3 is 2.57 bits per heavy atom. The fraction of sp³-hybridized carbons (Fsp3) is 0.320. The van der Waals surface area contributed by atoms with E-state index in [1.807, 2.05) is 42.5 Å². The minimum absolute atomic E-state index is 0.0574. The van der Waals surface area contributed by atoms with E-state index in [1.54, 1.807) is 7.11 Å². The second-order valence-electron chi connectivity index (χ2n) is 8.19. The van der Waals surface area contributed by atoms with E-state index in [2.05, 4.69) is 30.1 Å². The van der Waals surface area contributed by atoms with Crippen LogP contribution in [0, 0.1) is 5.41 Å². The van der Waals surface area contributed by atoms with Crippen LogP contribution in [0.2, 0.25) is 0 Å². The van der Waals surface area contributed by atoms with E-state index in [0.29, 0.717) is 0 Å². The molecular weight excluding hydrogens is 378 g/mol. The molecule has 0 aliphatic carbocycles. The van der Waals surface area contributed by atoms with Gasteiger partial charge < -0.3 is 14.2 Å². The maximum atomic E-state index is 13.4. The van der Waals surface area contributed by atoms with Crippen LogP contribution >= 0.6 is 0 Å². The summed E-state index contributed by atoms with van der Waals surface area (Å²) in [5.74, 6) is 1.36. The van der Waals surface area contributed by atoms with Gasteiger partial charge in [0, 0.05) is 18.0 Å². The van der Waals surface area contributed by atoms with Gasteiger partial charge in [0.1, 0.15) is 23.5 Å². The molecular formula is C25H25NO4. The lowest BCUT2D eigenvalue weighted by Crippen LogP contribution is -2.48. The van der Waals surface area contributed by atoms with Gasteiger partial charge in [0.25, 0.3) is 0 Å². The predicted octanol–water partition coefficient (Wildman–Crippen LogP) is 4.17. The number of methoxy groups -OCH3 is 2. The molecule has 2 aliphatic heterocycles. The van der Waals surface area contributed by atoms with Crippen molar-refractivity contribution in [2.24, 2.45) is 5.41 Å². The molecule has 2 aliphatic rings. The zero-order valence-electron chi connectivity index (χ0n) is 17.4. The number of likely N-dealkylation sites (tertiary alicyclic amines) is 1. The molecule has 2 heterocycles. The Bertz CT molecular complexity index is 1110. The largest absolute Gasteiger partial charge is 0.497 e. The van der Waals surface area contributed by atoms with Crippen LogP contribution in [0.15, 0.2) is 60.7 Å². The number of carbonyl (C=O) groups excluding carboxylic acids is 1. The van der Waals surface area contributed by atoms with Gasteiger partial charge in [-0.15, -0.1) is 0 Å². The van der Waals surface area contributed by atoms with Crippen LogP contribution in [-0.2, 0) is 9.53 Å². The molecule has 1 fully saturated rings. The number of ether oxygens (including phenoxy) is 3. The number of hydrogen-bond acceptors (Lipinski definition) is 5. The van der Waals surface area contributed by atoms with E-state index in [9.17, 15) is 4.79 Å². The Labute approximate surface area is 176 Å². The Morgan fingerprint density at radius 1 is 1.07 bits per heavy atom. The predicted molar refractivity (Wildman–Crippen MR) is 115 cm³/mol. The number of hydrogen-bond donors (Lipinski definition) is 0. The minimum atomic E-state index is -0.824. The fourth-order valence-corrected chi connectivity index (χ4v) is 5.42. The molecule has 0 bridgehead atoms. The van der Waals surface area contributed by atoms with E-state index in [-0.39, 0.29) is 24.5 Å². The lowest BCUT2D eigenvalue weighted by Gasteiger charge is -2.42. The maximum absolute atomic E-state index is 13.4. The summed E-state index contributed by atoms with van der Waals surface area (Å²) in [6.07, 6.45) is 0. The first-order valence-electron chi connectivity index (χ1n) is 10.2. The average molecular weight is 403 g/mol. The monoisotopic (exact) mass is 403 g/mol. The lowest BCUT2D eigenvalue weighted by atomic mass is 9.67. The van der Waals surface area contributed by atoms with Crippen LogP contribution in [0.4, 0.5) is 0 Å². The van der Waals surface area contributed by atoms with E-state index >= 15 is 0 Å². The highest BCUT2D eigenvalue weighted by molar-refractivity contribution is 5.91. The number of likely N-dealkylation sites (N-methyl/N-ethyl adjacent to an activating group) is 1. The number of benzene rings is 3. The highest BCUT2D eigenvalue weighted by Crippen LogP contribution is 2.60. The highest BCUT2D eigenvalue weighted by atomic mass is 16.5. The average Bonchev–Trinajstić information content (AvgIpc) is 3.11. The van der Waals surface area contributed by atoms with Crippen molar-refractivity contribution in [3.05, 3.63) is 71.8 Å².